The average molecular weight is 256 g/mol. The summed E-state index contributed by atoms with van der Waals surface area (Å²) < 4.78 is 0. The van der Waals surface area contributed by atoms with Crippen molar-refractivity contribution in [1.29, 1.82) is 0 Å². The number of hydrogen-bond donors (Lipinski definition) is 3. The fourth-order valence-corrected chi connectivity index (χ4v) is 1.92. The van der Waals surface area contributed by atoms with Crippen LogP contribution in [0.4, 0.5) is 11.4 Å². The van der Waals surface area contributed by atoms with Crippen LogP contribution in [0.5, 0.6) is 0 Å². The normalized spacial score (nSPS) is 10.2. The third-order valence-corrected chi connectivity index (χ3v) is 2.80. The van der Waals surface area contributed by atoms with Crippen molar-refractivity contribution >= 4 is 17.7 Å². The number of rotatable bonds is 5. The molecule has 0 aliphatic heterocycles. The topological polar surface area (TPSA) is 75.3 Å². The van der Waals surface area contributed by atoms with E-state index < -0.39 is 0 Å². The van der Waals surface area contributed by atoms with Gasteiger partial charge in [0.2, 0.25) is 0 Å². The van der Waals surface area contributed by atoms with E-state index in [-0.39, 0.29) is 6.61 Å². The Hall–Kier alpha value is -2.33. The Morgan fingerprint density at radius 2 is 2.05 bits per heavy atom. The van der Waals surface area contributed by atoms with Crippen molar-refractivity contribution in [1.82, 2.24) is 0 Å². The SMILES string of the molecule is Nc1ccc(NCCO)c(-c2cccc(C=O)c2)c1. The van der Waals surface area contributed by atoms with E-state index in [9.17, 15) is 4.79 Å². The molecule has 2 aromatic carbocycles. The standard InChI is InChI=1S/C15H16N2O2/c16-13-4-5-15(17-6-7-18)14(9-13)12-3-1-2-11(8-12)10-19/h1-5,8-10,17-18H,6-7,16H2. The summed E-state index contributed by atoms with van der Waals surface area (Å²) >= 11 is 0. The molecule has 0 saturated heterocycles. The summed E-state index contributed by atoms with van der Waals surface area (Å²) in [5.74, 6) is 0. The molecule has 0 atom stereocenters. The molecule has 0 fully saturated rings. The molecule has 0 unspecified atom stereocenters. The van der Waals surface area contributed by atoms with E-state index in [1.807, 2.05) is 30.3 Å². The second-order valence-corrected chi connectivity index (χ2v) is 4.20. The molecule has 0 aliphatic carbocycles. The minimum atomic E-state index is 0.0538. The first-order chi connectivity index (χ1) is 9.24. The van der Waals surface area contributed by atoms with Crippen molar-refractivity contribution in [3.05, 3.63) is 48.0 Å². The van der Waals surface area contributed by atoms with Crippen molar-refractivity contribution in [2.24, 2.45) is 0 Å². The number of aldehydes is 1. The Bertz CT molecular complexity index is 582. The third kappa shape index (κ3) is 3.11. The number of carbonyl (C=O) groups excluding carboxylic acids is 1. The van der Waals surface area contributed by atoms with Crippen LogP contribution in [0.25, 0.3) is 11.1 Å². The monoisotopic (exact) mass is 256 g/mol. The quantitative estimate of drug-likeness (QED) is 0.566. The number of hydrogen-bond acceptors (Lipinski definition) is 4. The smallest absolute Gasteiger partial charge is 0.150 e. The Balaban J connectivity index is 2.46. The highest BCUT2D eigenvalue weighted by Gasteiger charge is 2.06. The highest BCUT2D eigenvalue weighted by molar-refractivity contribution is 5.84. The molecular weight excluding hydrogens is 240 g/mol. The molecule has 0 spiro atoms. The molecule has 98 valence electrons. The van der Waals surface area contributed by atoms with E-state index in [4.69, 9.17) is 10.8 Å². The van der Waals surface area contributed by atoms with Crippen molar-refractivity contribution in [2.45, 2.75) is 0 Å². The molecule has 0 heterocycles. The van der Waals surface area contributed by atoms with Gasteiger partial charge >= 0.3 is 0 Å². The molecule has 0 bridgehead atoms. The van der Waals surface area contributed by atoms with Gasteiger partial charge in [-0.3, -0.25) is 4.79 Å². The van der Waals surface area contributed by atoms with Crippen LogP contribution in [0.3, 0.4) is 0 Å². The molecule has 2 rings (SSSR count). The van der Waals surface area contributed by atoms with Gasteiger partial charge in [0.1, 0.15) is 6.29 Å². The van der Waals surface area contributed by atoms with Crippen molar-refractivity contribution in [3.8, 4) is 11.1 Å². The molecule has 0 saturated carbocycles. The van der Waals surface area contributed by atoms with Crippen LogP contribution < -0.4 is 11.1 Å². The molecule has 0 amide bonds. The summed E-state index contributed by atoms with van der Waals surface area (Å²) in [6, 6.07) is 12.8. The highest BCUT2D eigenvalue weighted by Crippen LogP contribution is 2.30. The van der Waals surface area contributed by atoms with Gasteiger partial charge in [0.25, 0.3) is 0 Å². The van der Waals surface area contributed by atoms with E-state index in [0.29, 0.717) is 17.8 Å². The molecular formula is C15H16N2O2. The Morgan fingerprint density at radius 3 is 2.79 bits per heavy atom. The number of nitrogen functional groups attached to an aromatic ring is 1. The predicted molar refractivity (Wildman–Crippen MR) is 77.3 cm³/mol. The van der Waals surface area contributed by atoms with Crippen LogP contribution in [0.1, 0.15) is 10.4 Å². The molecule has 19 heavy (non-hydrogen) atoms. The molecule has 4 N–H and O–H groups in total. The number of nitrogens with one attached hydrogen (secondary N) is 1. The second-order valence-electron chi connectivity index (χ2n) is 4.20. The van der Waals surface area contributed by atoms with Gasteiger partial charge in [0.15, 0.2) is 0 Å². The lowest BCUT2D eigenvalue weighted by Gasteiger charge is -2.12. The zero-order valence-electron chi connectivity index (χ0n) is 10.5. The maximum Gasteiger partial charge on any atom is 0.150 e. The van der Waals surface area contributed by atoms with Gasteiger partial charge in [-0.25, -0.2) is 0 Å². The maximum atomic E-state index is 10.8. The summed E-state index contributed by atoms with van der Waals surface area (Å²) in [4.78, 5) is 10.8. The summed E-state index contributed by atoms with van der Waals surface area (Å²) in [6.45, 7) is 0.516. The average Bonchev–Trinajstić information content (AvgIpc) is 2.46. The number of anilines is 2. The van der Waals surface area contributed by atoms with Crippen LogP contribution >= 0.6 is 0 Å². The second kappa shape index (κ2) is 6.02. The fourth-order valence-electron chi connectivity index (χ4n) is 1.92. The fraction of sp³-hybridized carbons (Fsp3) is 0.133. The molecule has 4 nitrogen and oxygen atoms in total. The largest absolute Gasteiger partial charge is 0.399 e. The Morgan fingerprint density at radius 1 is 1.21 bits per heavy atom. The van der Waals surface area contributed by atoms with Gasteiger partial charge in [-0.1, -0.05) is 18.2 Å². The molecule has 2 aromatic rings. The highest BCUT2D eigenvalue weighted by atomic mass is 16.3. The Kier molecular flexibility index (Phi) is 4.15. The number of benzene rings is 2. The van der Waals surface area contributed by atoms with E-state index >= 15 is 0 Å². The van der Waals surface area contributed by atoms with Crippen LogP contribution in [-0.2, 0) is 0 Å². The minimum Gasteiger partial charge on any atom is -0.399 e. The summed E-state index contributed by atoms with van der Waals surface area (Å²) in [7, 11) is 0. The molecule has 0 aromatic heterocycles. The lowest BCUT2D eigenvalue weighted by molar-refractivity contribution is 0.112. The maximum absolute atomic E-state index is 10.8. The number of nitrogens with two attached hydrogens (primary N) is 1. The number of aliphatic hydroxyl groups excluding tert-OH is 1. The zero-order valence-corrected chi connectivity index (χ0v) is 10.5. The first-order valence-electron chi connectivity index (χ1n) is 6.04. The van der Waals surface area contributed by atoms with Gasteiger partial charge in [-0.05, 0) is 29.8 Å². The van der Waals surface area contributed by atoms with Gasteiger partial charge in [-0.15, -0.1) is 0 Å². The van der Waals surface area contributed by atoms with E-state index in [1.54, 1.807) is 12.1 Å². The lowest BCUT2D eigenvalue weighted by atomic mass is 10.0. The number of aliphatic hydroxyl groups is 1. The van der Waals surface area contributed by atoms with E-state index in [2.05, 4.69) is 5.32 Å². The Labute approximate surface area is 111 Å². The van der Waals surface area contributed by atoms with E-state index in [1.165, 1.54) is 0 Å². The van der Waals surface area contributed by atoms with E-state index in [0.717, 1.165) is 23.1 Å². The summed E-state index contributed by atoms with van der Waals surface area (Å²) in [5, 5.41) is 12.0. The molecule has 4 heteroatoms. The van der Waals surface area contributed by atoms with Gasteiger partial charge in [0.05, 0.1) is 6.61 Å². The van der Waals surface area contributed by atoms with Gasteiger partial charge in [0, 0.05) is 29.0 Å². The molecule has 0 radical (unpaired) electrons. The van der Waals surface area contributed by atoms with Gasteiger partial charge < -0.3 is 16.2 Å². The van der Waals surface area contributed by atoms with Gasteiger partial charge in [-0.2, -0.15) is 0 Å². The van der Waals surface area contributed by atoms with Crippen LogP contribution in [0.2, 0.25) is 0 Å². The van der Waals surface area contributed by atoms with Crippen LogP contribution in [-0.4, -0.2) is 24.5 Å². The minimum absolute atomic E-state index is 0.0538. The first kappa shape index (κ1) is 13.1. The van der Waals surface area contributed by atoms with Crippen molar-refractivity contribution in [2.75, 3.05) is 24.2 Å². The zero-order chi connectivity index (χ0) is 13.7. The molecule has 0 aliphatic rings. The third-order valence-electron chi connectivity index (χ3n) is 2.80. The predicted octanol–water partition coefficient (Wildman–Crippen LogP) is 2.15. The summed E-state index contributed by atoms with van der Waals surface area (Å²) in [5.41, 5.74) is 9.80. The summed E-state index contributed by atoms with van der Waals surface area (Å²) in [6.07, 6.45) is 0.816. The number of carbonyl (C=O) groups is 1. The van der Waals surface area contributed by atoms with Crippen molar-refractivity contribution in [3.63, 3.8) is 0 Å². The van der Waals surface area contributed by atoms with Crippen molar-refractivity contribution < 1.29 is 9.90 Å². The lowest BCUT2D eigenvalue weighted by Crippen LogP contribution is -2.06. The first-order valence-corrected chi connectivity index (χ1v) is 6.04. The van der Waals surface area contributed by atoms with Crippen LogP contribution in [0.15, 0.2) is 42.5 Å². The van der Waals surface area contributed by atoms with Crippen LogP contribution in [0, 0.1) is 0 Å².